The number of aliphatic hydroxyl groups excluding tert-OH is 1. The number of aryl methyl sites for hydroxylation is 1. The Bertz CT molecular complexity index is 559. The number of hydrogen-bond acceptors (Lipinski definition) is 5. The van der Waals surface area contributed by atoms with Gasteiger partial charge in [0.2, 0.25) is 0 Å². The molecule has 2 heterocycles. The molecule has 22 heavy (non-hydrogen) atoms. The van der Waals surface area contributed by atoms with Crippen molar-refractivity contribution in [2.75, 3.05) is 32.9 Å². The summed E-state index contributed by atoms with van der Waals surface area (Å²) in [5.74, 6) is -0.817. The molecular weight excluding hydrogens is 288 g/mol. The molecule has 0 aromatic carbocycles. The first-order valence-corrected chi connectivity index (χ1v) is 7.31. The number of carbonyl (C=O) groups is 2. The standard InChI is InChI=1S/C15H22N2O5/c1-9-13(11(3)18)10(2)16-14(9)15(20)22-8-12(19)17-4-6-21-7-5-17/h11,16,18H,4-8H2,1-3H3/t11-/m1/s1. The minimum Gasteiger partial charge on any atom is -0.451 e. The molecule has 1 amide bonds. The van der Waals surface area contributed by atoms with Gasteiger partial charge < -0.3 is 24.5 Å². The highest BCUT2D eigenvalue weighted by Crippen LogP contribution is 2.24. The lowest BCUT2D eigenvalue weighted by molar-refractivity contribution is -0.138. The van der Waals surface area contributed by atoms with Gasteiger partial charge in [0, 0.05) is 24.3 Å². The largest absolute Gasteiger partial charge is 0.451 e. The second-order valence-electron chi connectivity index (χ2n) is 5.41. The molecule has 7 nitrogen and oxygen atoms in total. The fraction of sp³-hybridized carbons (Fsp3) is 0.600. The average Bonchev–Trinajstić information content (AvgIpc) is 2.80. The number of nitrogens with zero attached hydrogens (tertiary/aromatic N) is 1. The maximum absolute atomic E-state index is 12.1. The summed E-state index contributed by atoms with van der Waals surface area (Å²) in [4.78, 5) is 28.6. The zero-order chi connectivity index (χ0) is 16.3. The molecule has 0 aliphatic carbocycles. The van der Waals surface area contributed by atoms with Crippen LogP contribution in [0.5, 0.6) is 0 Å². The lowest BCUT2D eigenvalue weighted by Crippen LogP contribution is -2.42. The minimum absolute atomic E-state index is 0.228. The van der Waals surface area contributed by atoms with Crippen molar-refractivity contribution in [3.63, 3.8) is 0 Å². The third kappa shape index (κ3) is 3.48. The molecule has 7 heteroatoms. The maximum Gasteiger partial charge on any atom is 0.355 e. The monoisotopic (exact) mass is 310 g/mol. The second kappa shape index (κ2) is 6.93. The molecule has 0 radical (unpaired) electrons. The number of nitrogens with one attached hydrogen (secondary N) is 1. The smallest absolute Gasteiger partial charge is 0.355 e. The quantitative estimate of drug-likeness (QED) is 0.799. The van der Waals surface area contributed by atoms with Crippen molar-refractivity contribution in [1.29, 1.82) is 0 Å². The van der Waals surface area contributed by atoms with Crippen LogP contribution in [0, 0.1) is 13.8 Å². The molecule has 1 aromatic rings. The Morgan fingerprint density at radius 1 is 1.36 bits per heavy atom. The molecular formula is C15H22N2O5. The van der Waals surface area contributed by atoms with E-state index in [1.807, 2.05) is 0 Å². The molecule has 122 valence electrons. The number of aromatic amines is 1. The average molecular weight is 310 g/mol. The number of rotatable bonds is 4. The fourth-order valence-electron chi connectivity index (χ4n) is 2.70. The summed E-state index contributed by atoms with van der Waals surface area (Å²) < 4.78 is 10.3. The van der Waals surface area contributed by atoms with Crippen molar-refractivity contribution >= 4 is 11.9 Å². The number of esters is 1. The predicted molar refractivity (Wildman–Crippen MR) is 78.6 cm³/mol. The molecule has 2 N–H and O–H groups in total. The van der Waals surface area contributed by atoms with Crippen LogP contribution in [0.15, 0.2) is 0 Å². The van der Waals surface area contributed by atoms with Crippen LogP contribution in [0.1, 0.15) is 40.3 Å². The van der Waals surface area contributed by atoms with Crippen molar-refractivity contribution in [1.82, 2.24) is 9.88 Å². The summed E-state index contributed by atoms with van der Waals surface area (Å²) in [6.45, 7) is 6.92. The zero-order valence-electron chi connectivity index (χ0n) is 13.1. The van der Waals surface area contributed by atoms with Gasteiger partial charge in [-0.05, 0) is 26.3 Å². The molecule has 0 unspecified atom stereocenters. The minimum atomic E-state index is -0.673. The van der Waals surface area contributed by atoms with E-state index in [-0.39, 0.29) is 18.2 Å². The summed E-state index contributed by atoms with van der Waals surface area (Å²) in [5, 5.41) is 9.72. The Kier molecular flexibility index (Phi) is 5.20. The van der Waals surface area contributed by atoms with Crippen LogP contribution >= 0.6 is 0 Å². The number of hydrogen-bond donors (Lipinski definition) is 2. The fourth-order valence-corrected chi connectivity index (χ4v) is 2.70. The van der Waals surface area contributed by atoms with Gasteiger partial charge in [-0.2, -0.15) is 0 Å². The van der Waals surface area contributed by atoms with Crippen molar-refractivity contribution in [2.24, 2.45) is 0 Å². The molecule has 1 fully saturated rings. The Morgan fingerprint density at radius 2 is 2.00 bits per heavy atom. The molecule has 0 bridgehead atoms. The Hall–Kier alpha value is -1.86. The number of amides is 1. The molecule has 1 aromatic heterocycles. The van der Waals surface area contributed by atoms with Crippen LogP contribution in [-0.2, 0) is 14.3 Å². The van der Waals surface area contributed by atoms with E-state index in [0.717, 1.165) is 5.69 Å². The molecule has 1 atom stereocenters. The van der Waals surface area contributed by atoms with Crippen LogP contribution in [0.2, 0.25) is 0 Å². The highest BCUT2D eigenvalue weighted by molar-refractivity contribution is 5.91. The van der Waals surface area contributed by atoms with Crippen molar-refractivity contribution in [3.8, 4) is 0 Å². The van der Waals surface area contributed by atoms with E-state index in [9.17, 15) is 14.7 Å². The van der Waals surface area contributed by atoms with Crippen LogP contribution in [0.4, 0.5) is 0 Å². The van der Waals surface area contributed by atoms with Crippen LogP contribution in [0.3, 0.4) is 0 Å². The van der Waals surface area contributed by atoms with E-state index >= 15 is 0 Å². The Morgan fingerprint density at radius 3 is 2.55 bits per heavy atom. The highest BCUT2D eigenvalue weighted by Gasteiger charge is 2.23. The SMILES string of the molecule is Cc1[nH]c(C(=O)OCC(=O)N2CCOCC2)c(C)c1[C@@H](C)O. The van der Waals surface area contributed by atoms with Crippen molar-refractivity contribution in [3.05, 3.63) is 22.5 Å². The Balaban J connectivity index is 1.98. The van der Waals surface area contributed by atoms with Crippen LogP contribution in [0.25, 0.3) is 0 Å². The summed E-state index contributed by atoms with van der Waals surface area (Å²) in [6, 6.07) is 0. The molecule has 1 aliphatic rings. The van der Waals surface area contributed by atoms with Gasteiger partial charge in [-0.25, -0.2) is 4.79 Å². The topological polar surface area (TPSA) is 91.9 Å². The zero-order valence-corrected chi connectivity index (χ0v) is 13.1. The van der Waals surface area contributed by atoms with Crippen LogP contribution in [-0.4, -0.2) is 59.8 Å². The number of aromatic nitrogens is 1. The summed E-state index contributed by atoms with van der Waals surface area (Å²) >= 11 is 0. The van der Waals surface area contributed by atoms with E-state index in [1.165, 1.54) is 0 Å². The maximum atomic E-state index is 12.1. The van der Waals surface area contributed by atoms with E-state index in [0.29, 0.717) is 37.4 Å². The first-order chi connectivity index (χ1) is 10.4. The van der Waals surface area contributed by atoms with Gasteiger partial charge in [0.05, 0.1) is 19.3 Å². The third-order valence-corrected chi connectivity index (χ3v) is 3.81. The first kappa shape index (κ1) is 16.5. The molecule has 2 rings (SSSR count). The van der Waals surface area contributed by atoms with Gasteiger partial charge in [-0.15, -0.1) is 0 Å². The summed E-state index contributed by atoms with van der Waals surface area (Å²) in [7, 11) is 0. The normalized spacial score (nSPS) is 16.5. The van der Waals surface area contributed by atoms with E-state index in [4.69, 9.17) is 9.47 Å². The number of carbonyl (C=O) groups excluding carboxylic acids is 2. The van der Waals surface area contributed by atoms with E-state index < -0.39 is 12.1 Å². The molecule has 0 spiro atoms. The molecule has 1 aliphatic heterocycles. The van der Waals surface area contributed by atoms with Gasteiger partial charge in [0.1, 0.15) is 5.69 Å². The molecule has 1 saturated heterocycles. The first-order valence-electron chi connectivity index (χ1n) is 7.31. The predicted octanol–water partition coefficient (Wildman–Crippen LogP) is 0.700. The van der Waals surface area contributed by atoms with Crippen LogP contribution < -0.4 is 0 Å². The van der Waals surface area contributed by atoms with Gasteiger partial charge in [-0.3, -0.25) is 4.79 Å². The second-order valence-corrected chi connectivity index (χ2v) is 5.41. The number of morpholine rings is 1. The van der Waals surface area contributed by atoms with Gasteiger partial charge in [0.15, 0.2) is 6.61 Å². The van der Waals surface area contributed by atoms with E-state index in [2.05, 4.69) is 4.98 Å². The highest BCUT2D eigenvalue weighted by atomic mass is 16.5. The van der Waals surface area contributed by atoms with Gasteiger partial charge in [-0.1, -0.05) is 0 Å². The number of ether oxygens (including phenoxy) is 2. The summed E-state index contributed by atoms with van der Waals surface area (Å²) in [6.07, 6.45) is -0.673. The lowest BCUT2D eigenvalue weighted by Gasteiger charge is -2.26. The van der Waals surface area contributed by atoms with Crippen molar-refractivity contribution in [2.45, 2.75) is 26.9 Å². The number of aliphatic hydroxyl groups is 1. The lowest BCUT2D eigenvalue weighted by atomic mass is 10.1. The van der Waals surface area contributed by atoms with Gasteiger partial charge in [0.25, 0.3) is 5.91 Å². The van der Waals surface area contributed by atoms with Gasteiger partial charge >= 0.3 is 5.97 Å². The summed E-state index contributed by atoms with van der Waals surface area (Å²) in [5.41, 5.74) is 2.34. The van der Waals surface area contributed by atoms with Crippen molar-refractivity contribution < 1.29 is 24.2 Å². The third-order valence-electron chi connectivity index (χ3n) is 3.81. The van der Waals surface area contributed by atoms with E-state index in [1.54, 1.807) is 25.7 Å². The Labute approximate surface area is 129 Å². The number of H-pyrrole nitrogens is 1. The molecule has 0 saturated carbocycles.